The Morgan fingerprint density at radius 3 is 1.93 bits per heavy atom. The molecule has 0 spiro atoms. The van der Waals surface area contributed by atoms with Crippen molar-refractivity contribution in [2.75, 3.05) is 19.5 Å². The first-order valence-corrected chi connectivity index (χ1v) is 8.93. The number of hydrogen-bond acceptors (Lipinski definition) is 5. The standard InChI is InChI=1S/C23H21NO5/c1-15-7-11-17(12-8-15)24-22(25)16-9-13-18(14-10-16)29-23(26)21-19(27-2)5-4-6-20(21)28-3/h4-14H,1-3H3,(H,24,25). The number of methoxy groups -OCH3 is 2. The quantitative estimate of drug-likeness (QED) is 0.495. The fourth-order valence-electron chi connectivity index (χ4n) is 2.72. The molecule has 0 radical (unpaired) electrons. The Kier molecular flexibility index (Phi) is 6.14. The maximum absolute atomic E-state index is 12.6. The zero-order chi connectivity index (χ0) is 20.8. The van der Waals surface area contributed by atoms with Gasteiger partial charge in [0.25, 0.3) is 5.91 Å². The van der Waals surface area contributed by atoms with Crippen LogP contribution in [0.15, 0.2) is 66.7 Å². The normalized spacial score (nSPS) is 10.2. The van der Waals surface area contributed by atoms with Crippen molar-refractivity contribution in [1.82, 2.24) is 0 Å². The van der Waals surface area contributed by atoms with Crippen LogP contribution in [0, 0.1) is 6.92 Å². The average Bonchev–Trinajstić information content (AvgIpc) is 2.75. The predicted octanol–water partition coefficient (Wildman–Crippen LogP) is 4.48. The molecule has 0 saturated heterocycles. The number of carbonyl (C=O) groups excluding carboxylic acids is 2. The third kappa shape index (κ3) is 4.73. The number of carbonyl (C=O) groups is 2. The van der Waals surface area contributed by atoms with E-state index in [1.807, 2.05) is 31.2 Å². The monoisotopic (exact) mass is 391 g/mol. The number of anilines is 1. The van der Waals surface area contributed by atoms with Gasteiger partial charge < -0.3 is 19.5 Å². The van der Waals surface area contributed by atoms with E-state index in [-0.39, 0.29) is 11.5 Å². The van der Waals surface area contributed by atoms with E-state index in [0.717, 1.165) is 5.56 Å². The Labute approximate surface area is 169 Å². The molecule has 1 N–H and O–H groups in total. The molecule has 0 aliphatic heterocycles. The molecule has 3 rings (SSSR count). The van der Waals surface area contributed by atoms with E-state index in [2.05, 4.69) is 5.32 Å². The molecule has 3 aromatic carbocycles. The number of rotatable bonds is 6. The van der Waals surface area contributed by atoms with Crippen molar-refractivity contribution in [2.45, 2.75) is 6.92 Å². The van der Waals surface area contributed by atoms with Crippen molar-refractivity contribution in [3.8, 4) is 17.2 Å². The SMILES string of the molecule is COc1cccc(OC)c1C(=O)Oc1ccc(C(=O)Nc2ccc(C)cc2)cc1. The van der Waals surface area contributed by atoms with E-state index in [4.69, 9.17) is 14.2 Å². The van der Waals surface area contributed by atoms with Gasteiger partial charge >= 0.3 is 5.97 Å². The van der Waals surface area contributed by atoms with Gasteiger partial charge in [-0.15, -0.1) is 0 Å². The molecule has 1 amide bonds. The topological polar surface area (TPSA) is 73.9 Å². The fourth-order valence-corrected chi connectivity index (χ4v) is 2.72. The van der Waals surface area contributed by atoms with Crippen molar-refractivity contribution in [2.24, 2.45) is 0 Å². The van der Waals surface area contributed by atoms with Gasteiger partial charge in [0.15, 0.2) is 0 Å². The minimum atomic E-state index is -0.615. The second-order valence-electron chi connectivity index (χ2n) is 6.27. The minimum absolute atomic E-state index is 0.193. The highest BCUT2D eigenvalue weighted by atomic mass is 16.5. The summed E-state index contributed by atoms with van der Waals surface area (Å²) in [4.78, 5) is 25.0. The Morgan fingerprint density at radius 1 is 0.793 bits per heavy atom. The molecule has 0 fully saturated rings. The van der Waals surface area contributed by atoms with Gasteiger partial charge in [-0.3, -0.25) is 4.79 Å². The molecular formula is C23H21NO5. The summed E-state index contributed by atoms with van der Waals surface area (Å²) in [5.41, 5.74) is 2.46. The molecule has 0 bridgehead atoms. The van der Waals surface area contributed by atoms with Crippen molar-refractivity contribution in [3.63, 3.8) is 0 Å². The summed E-state index contributed by atoms with van der Waals surface area (Å²) in [6.07, 6.45) is 0. The molecule has 29 heavy (non-hydrogen) atoms. The lowest BCUT2D eigenvalue weighted by atomic mass is 10.1. The number of ether oxygens (including phenoxy) is 3. The van der Waals surface area contributed by atoms with Gasteiger partial charge in [0, 0.05) is 11.3 Å². The van der Waals surface area contributed by atoms with Gasteiger partial charge in [-0.1, -0.05) is 23.8 Å². The highest BCUT2D eigenvalue weighted by Gasteiger charge is 2.20. The molecule has 6 nitrogen and oxygen atoms in total. The number of esters is 1. The van der Waals surface area contributed by atoms with Crippen LogP contribution in [0.25, 0.3) is 0 Å². The summed E-state index contributed by atoms with van der Waals surface area (Å²) in [5.74, 6) is 0.135. The number of amides is 1. The van der Waals surface area contributed by atoms with E-state index >= 15 is 0 Å². The van der Waals surface area contributed by atoms with E-state index < -0.39 is 5.97 Å². The van der Waals surface area contributed by atoms with Crippen LogP contribution in [0.3, 0.4) is 0 Å². The molecule has 6 heteroatoms. The second kappa shape index (κ2) is 8.93. The Hall–Kier alpha value is -3.80. The summed E-state index contributed by atoms with van der Waals surface area (Å²) >= 11 is 0. The molecule has 0 aliphatic carbocycles. The first kappa shape index (κ1) is 19.9. The number of aryl methyl sites for hydroxylation is 1. The van der Waals surface area contributed by atoms with Crippen molar-refractivity contribution in [3.05, 3.63) is 83.4 Å². The first-order chi connectivity index (χ1) is 14.0. The Bertz CT molecular complexity index is 988. The first-order valence-electron chi connectivity index (χ1n) is 8.93. The zero-order valence-electron chi connectivity index (χ0n) is 16.4. The Balaban J connectivity index is 1.71. The van der Waals surface area contributed by atoms with Gasteiger partial charge in [0.2, 0.25) is 0 Å². The third-order valence-corrected chi connectivity index (χ3v) is 4.27. The summed E-state index contributed by atoms with van der Waals surface area (Å²) < 4.78 is 15.9. The number of benzene rings is 3. The summed E-state index contributed by atoms with van der Waals surface area (Å²) in [6.45, 7) is 1.98. The number of nitrogens with one attached hydrogen (secondary N) is 1. The summed E-state index contributed by atoms with van der Waals surface area (Å²) in [5, 5.41) is 2.82. The van der Waals surface area contributed by atoms with Crippen LogP contribution in [0.4, 0.5) is 5.69 Å². The zero-order valence-corrected chi connectivity index (χ0v) is 16.4. The second-order valence-corrected chi connectivity index (χ2v) is 6.27. The molecule has 3 aromatic rings. The van der Waals surface area contributed by atoms with Gasteiger partial charge in [0.05, 0.1) is 14.2 Å². The lowest BCUT2D eigenvalue weighted by molar-refractivity contribution is 0.0727. The van der Waals surface area contributed by atoms with Crippen LogP contribution in [0.5, 0.6) is 17.2 Å². The maximum Gasteiger partial charge on any atom is 0.351 e. The van der Waals surface area contributed by atoms with E-state index in [1.165, 1.54) is 14.2 Å². The van der Waals surface area contributed by atoms with Gasteiger partial charge in [-0.2, -0.15) is 0 Å². The summed E-state index contributed by atoms with van der Waals surface area (Å²) in [7, 11) is 2.93. The van der Waals surface area contributed by atoms with Crippen LogP contribution >= 0.6 is 0 Å². The van der Waals surface area contributed by atoms with E-state index in [0.29, 0.717) is 28.5 Å². The van der Waals surface area contributed by atoms with Gasteiger partial charge in [0.1, 0.15) is 22.8 Å². The fraction of sp³-hybridized carbons (Fsp3) is 0.130. The lowest BCUT2D eigenvalue weighted by Gasteiger charge is -2.12. The predicted molar refractivity (Wildman–Crippen MR) is 110 cm³/mol. The average molecular weight is 391 g/mol. The molecule has 148 valence electrons. The van der Waals surface area contributed by atoms with Crippen molar-refractivity contribution >= 4 is 17.6 Å². The number of hydrogen-bond donors (Lipinski definition) is 1. The third-order valence-electron chi connectivity index (χ3n) is 4.27. The molecule has 0 heterocycles. The molecule has 0 saturated carbocycles. The maximum atomic E-state index is 12.6. The molecule has 0 atom stereocenters. The highest BCUT2D eigenvalue weighted by Crippen LogP contribution is 2.29. The van der Waals surface area contributed by atoms with Crippen molar-refractivity contribution in [1.29, 1.82) is 0 Å². The van der Waals surface area contributed by atoms with Crippen LogP contribution in [-0.4, -0.2) is 26.1 Å². The van der Waals surface area contributed by atoms with E-state index in [1.54, 1.807) is 42.5 Å². The van der Waals surface area contributed by atoms with E-state index in [9.17, 15) is 9.59 Å². The smallest absolute Gasteiger partial charge is 0.351 e. The highest BCUT2D eigenvalue weighted by molar-refractivity contribution is 6.04. The molecule has 0 aromatic heterocycles. The minimum Gasteiger partial charge on any atom is -0.496 e. The summed E-state index contributed by atoms with van der Waals surface area (Å²) in [6, 6.07) is 18.8. The van der Waals surface area contributed by atoms with Crippen LogP contribution in [-0.2, 0) is 0 Å². The lowest BCUT2D eigenvalue weighted by Crippen LogP contribution is -2.13. The molecule has 0 aliphatic rings. The van der Waals surface area contributed by atoms with Crippen molar-refractivity contribution < 1.29 is 23.8 Å². The van der Waals surface area contributed by atoms with Crippen LogP contribution < -0.4 is 19.5 Å². The molecule has 0 unspecified atom stereocenters. The van der Waals surface area contributed by atoms with Gasteiger partial charge in [-0.25, -0.2) is 4.79 Å². The van der Waals surface area contributed by atoms with Crippen LogP contribution in [0.1, 0.15) is 26.3 Å². The molecular weight excluding hydrogens is 370 g/mol. The largest absolute Gasteiger partial charge is 0.496 e. The van der Waals surface area contributed by atoms with Crippen LogP contribution in [0.2, 0.25) is 0 Å². The van der Waals surface area contributed by atoms with Gasteiger partial charge in [-0.05, 0) is 55.5 Å². The Morgan fingerprint density at radius 2 is 1.38 bits per heavy atom.